The minimum atomic E-state index is -0.233. The molecule has 3 N–H and O–H groups in total. The van der Waals surface area contributed by atoms with E-state index in [1.807, 2.05) is 12.1 Å². The number of nitrogens with two attached hydrogens (primary N) is 1. The first-order valence-electron chi connectivity index (χ1n) is 6.39. The zero-order chi connectivity index (χ0) is 15.0. The Kier molecular flexibility index (Phi) is 3.69. The van der Waals surface area contributed by atoms with Crippen LogP contribution in [0.5, 0.6) is 5.75 Å². The Morgan fingerprint density at radius 2 is 2.10 bits per heavy atom. The van der Waals surface area contributed by atoms with E-state index in [1.54, 1.807) is 22.7 Å². The van der Waals surface area contributed by atoms with Crippen molar-refractivity contribution in [1.82, 2.24) is 0 Å². The number of nitrogen functional groups attached to an aromatic ring is 1. The van der Waals surface area contributed by atoms with Gasteiger partial charge in [0.25, 0.3) is 5.91 Å². The first-order valence-corrected chi connectivity index (χ1v) is 7.75. The number of rotatable bonds is 1. The highest BCUT2D eigenvalue weighted by Gasteiger charge is 2.25. The normalized spacial score (nSPS) is 13.9. The van der Waals surface area contributed by atoms with E-state index in [1.165, 1.54) is 18.2 Å². The number of amides is 1. The van der Waals surface area contributed by atoms with Gasteiger partial charge in [-0.15, -0.1) is 11.8 Å². The zero-order valence-electron chi connectivity index (χ0n) is 11.0. The first-order chi connectivity index (χ1) is 10.1. The minimum absolute atomic E-state index is 0.0157. The second-order valence-corrected chi connectivity index (χ2v) is 6.24. The number of aromatic hydroxyl groups is 1. The molecule has 0 saturated carbocycles. The Labute approximate surface area is 131 Å². The third-order valence-corrected chi connectivity index (χ3v) is 4.64. The molecule has 108 valence electrons. The number of fused-ring (bicyclic) bond motifs is 1. The van der Waals surface area contributed by atoms with Crippen molar-refractivity contribution in [2.24, 2.45) is 0 Å². The third kappa shape index (κ3) is 2.66. The summed E-state index contributed by atoms with van der Waals surface area (Å²) in [5.74, 6) is 0.587. The number of benzene rings is 2. The van der Waals surface area contributed by atoms with E-state index in [0.717, 1.165) is 16.3 Å². The number of hydrogen-bond donors (Lipinski definition) is 2. The molecule has 2 aromatic carbocycles. The van der Waals surface area contributed by atoms with Crippen LogP contribution in [-0.4, -0.2) is 23.3 Å². The number of halogens is 1. The van der Waals surface area contributed by atoms with E-state index in [4.69, 9.17) is 17.3 Å². The molecule has 2 aromatic rings. The van der Waals surface area contributed by atoms with E-state index >= 15 is 0 Å². The second kappa shape index (κ2) is 5.50. The van der Waals surface area contributed by atoms with Crippen molar-refractivity contribution < 1.29 is 9.90 Å². The van der Waals surface area contributed by atoms with Crippen LogP contribution >= 0.6 is 23.4 Å². The monoisotopic (exact) mass is 320 g/mol. The molecule has 0 spiro atoms. The Morgan fingerprint density at radius 3 is 2.90 bits per heavy atom. The maximum Gasteiger partial charge on any atom is 0.259 e. The van der Waals surface area contributed by atoms with Crippen molar-refractivity contribution in [2.75, 3.05) is 22.9 Å². The van der Waals surface area contributed by atoms with Crippen molar-refractivity contribution in [3.8, 4) is 5.75 Å². The number of carbonyl (C=O) groups is 1. The van der Waals surface area contributed by atoms with Gasteiger partial charge < -0.3 is 15.7 Å². The molecule has 1 aliphatic heterocycles. The van der Waals surface area contributed by atoms with Gasteiger partial charge in [0.15, 0.2) is 0 Å². The molecule has 0 radical (unpaired) electrons. The molecule has 0 fully saturated rings. The van der Waals surface area contributed by atoms with Gasteiger partial charge in [-0.2, -0.15) is 0 Å². The molecule has 0 saturated heterocycles. The lowest BCUT2D eigenvalue weighted by molar-refractivity contribution is 0.0987. The Morgan fingerprint density at radius 1 is 1.29 bits per heavy atom. The average Bonchev–Trinajstić information content (AvgIpc) is 2.48. The molecule has 0 aromatic heterocycles. The van der Waals surface area contributed by atoms with Crippen molar-refractivity contribution in [2.45, 2.75) is 4.90 Å². The topological polar surface area (TPSA) is 66.6 Å². The number of anilines is 2. The quantitative estimate of drug-likeness (QED) is 0.790. The second-order valence-electron chi connectivity index (χ2n) is 4.70. The van der Waals surface area contributed by atoms with Gasteiger partial charge in [-0.1, -0.05) is 11.6 Å². The molecule has 0 aliphatic carbocycles. The van der Waals surface area contributed by atoms with Crippen LogP contribution in [0.4, 0.5) is 11.4 Å². The predicted molar refractivity (Wildman–Crippen MR) is 86.4 cm³/mol. The van der Waals surface area contributed by atoms with Gasteiger partial charge in [0.1, 0.15) is 5.75 Å². The molecule has 0 bridgehead atoms. The highest BCUT2D eigenvalue weighted by atomic mass is 35.5. The maximum absolute atomic E-state index is 12.7. The van der Waals surface area contributed by atoms with Gasteiger partial charge in [-0.05, 0) is 36.4 Å². The van der Waals surface area contributed by atoms with Crippen LogP contribution in [0.2, 0.25) is 5.02 Å². The SMILES string of the molecule is Nc1ccc2c(c1)N(C(=O)c1cc(O)ccc1Cl)CCS2. The maximum atomic E-state index is 12.7. The fourth-order valence-electron chi connectivity index (χ4n) is 2.27. The van der Waals surface area contributed by atoms with E-state index in [-0.39, 0.29) is 17.2 Å². The third-order valence-electron chi connectivity index (χ3n) is 3.27. The van der Waals surface area contributed by atoms with Crippen LogP contribution in [-0.2, 0) is 0 Å². The molecule has 0 unspecified atom stereocenters. The number of thioether (sulfide) groups is 1. The molecule has 6 heteroatoms. The van der Waals surface area contributed by atoms with Gasteiger partial charge in [0.05, 0.1) is 16.3 Å². The van der Waals surface area contributed by atoms with Crippen LogP contribution in [0.1, 0.15) is 10.4 Å². The Balaban J connectivity index is 2.04. The van der Waals surface area contributed by atoms with E-state index in [9.17, 15) is 9.90 Å². The standard InChI is InChI=1S/C15H13ClN2O2S/c16-12-3-2-10(19)8-11(12)15(20)18-5-6-21-14-4-1-9(17)7-13(14)18/h1-4,7-8,19H,5-6,17H2. The molecule has 1 amide bonds. The van der Waals surface area contributed by atoms with E-state index < -0.39 is 0 Å². The van der Waals surface area contributed by atoms with Gasteiger partial charge in [0.2, 0.25) is 0 Å². The fraction of sp³-hybridized carbons (Fsp3) is 0.133. The molecule has 4 nitrogen and oxygen atoms in total. The fourth-order valence-corrected chi connectivity index (χ4v) is 3.44. The summed E-state index contributed by atoms with van der Waals surface area (Å²) in [6.07, 6.45) is 0. The molecule has 1 heterocycles. The largest absolute Gasteiger partial charge is 0.508 e. The predicted octanol–water partition coefficient (Wildman–Crippen LogP) is 3.38. The lowest BCUT2D eigenvalue weighted by Crippen LogP contribution is -2.35. The van der Waals surface area contributed by atoms with Crippen LogP contribution in [0.25, 0.3) is 0 Å². The molecular weight excluding hydrogens is 308 g/mol. The average molecular weight is 321 g/mol. The summed E-state index contributed by atoms with van der Waals surface area (Å²) < 4.78 is 0. The molecular formula is C15H13ClN2O2S. The zero-order valence-corrected chi connectivity index (χ0v) is 12.6. The van der Waals surface area contributed by atoms with Crippen LogP contribution in [0, 0.1) is 0 Å². The van der Waals surface area contributed by atoms with Crippen molar-refractivity contribution in [3.05, 3.63) is 47.0 Å². The highest BCUT2D eigenvalue weighted by molar-refractivity contribution is 7.99. The summed E-state index contributed by atoms with van der Waals surface area (Å²) >= 11 is 7.77. The molecule has 21 heavy (non-hydrogen) atoms. The summed E-state index contributed by atoms with van der Waals surface area (Å²) in [7, 11) is 0. The van der Waals surface area contributed by atoms with Gasteiger partial charge in [-0.25, -0.2) is 0 Å². The number of nitrogens with zero attached hydrogens (tertiary/aromatic N) is 1. The summed E-state index contributed by atoms with van der Waals surface area (Å²) in [6.45, 7) is 0.575. The Bertz CT molecular complexity index is 721. The molecule has 1 aliphatic rings. The van der Waals surface area contributed by atoms with Gasteiger partial charge in [0, 0.05) is 22.9 Å². The summed E-state index contributed by atoms with van der Waals surface area (Å²) in [5, 5.41) is 9.89. The van der Waals surface area contributed by atoms with Gasteiger partial charge in [-0.3, -0.25) is 4.79 Å². The van der Waals surface area contributed by atoms with Crippen LogP contribution in [0.3, 0.4) is 0 Å². The van der Waals surface area contributed by atoms with Crippen LogP contribution in [0.15, 0.2) is 41.3 Å². The van der Waals surface area contributed by atoms with Crippen LogP contribution < -0.4 is 10.6 Å². The van der Waals surface area contributed by atoms with E-state index in [0.29, 0.717) is 17.3 Å². The summed E-state index contributed by atoms with van der Waals surface area (Å²) in [4.78, 5) is 15.4. The minimum Gasteiger partial charge on any atom is -0.508 e. The summed E-state index contributed by atoms with van der Waals surface area (Å²) in [6, 6.07) is 9.88. The smallest absolute Gasteiger partial charge is 0.259 e. The van der Waals surface area contributed by atoms with E-state index in [2.05, 4.69) is 0 Å². The summed E-state index contributed by atoms with van der Waals surface area (Å²) in [5.41, 5.74) is 7.51. The Hall–Kier alpha value is -1.85. The van der Waals surface area contributed by atoms with Crippen molar-refractivity contribution in [3.63, 3.8) is 0 Å². The lowest BCUT2D eigenvalue weighted by Gasteiger charge is -2.29. The number of carbonyl (C=O) groups excluding carboxylic acids is 1. The number of phenols is 1. The first kappa shape index (κ1) is 14.1. The van der Waals surface area contributed by atoms with Crippen molar-refractivity contribution in [1.29, 1.82) is 0 Å². The van der Waals surface area contributed by atoms with Gasteiger partial charge >= 0.3 is 0 Å². The number of hydrogen-bond acceptors (Lipinski definition) is 4. The highest BCUT2D eigenvalue weighted by Crippen LogP contribution is 2.37. The van der Waals surface area contributed by atoms with Crippen molar-refractivity contribution >= 4 is 40.6 Å². The lowest BCUT2D eigenvalue weighted by atomic mass is 10.1. The molecule has 0 atom stereocenters. The number of phenolic OH excluding ortho intramolecular Hbond substituents is 1. The molecule has 3 rings (SSSR count).